The molecule has 27 heavy (non-hydrogen) atoms. The summed E-state index contributed by atoms with van der Waals surface area (Å²) < 4.78 is 7.33. The molecule has 4 rings (SSSR count). The van der Waals surface area contributed by atoms with Gasteiger partial charge in [-0.3, -0.25) is 0 Å². The zero-order chi connectivity index (χ0) is 18.8. The molecule has 0 bridgehead atoms. The topological polar surface area (TPSA) is 73.0 Å². The maximum Gasteiger partial charge on any atom is 0.355 e. The van der Waals surface area contributed by atoms with Crippen LogP contribution in [0.4, 0.5) is 5.82 Å². The van der Waals surface area contributed by atoms with E-state index in [1.54, 1.807) is 7.05 Å². The fraction of sp³-hybridized carbons (Fsp3) is 0.0500. The molecule has 0 atom stereocenters. The van der Waals surface area contributed by atoms with Crippen LogP contribution < -0.4 is 11.0 Å². The minimum absolute atomic E-state index is 0.306. The standard InChI is InChI=1S/C20H15ClN4O2/c1-22-17-15(21)12-25(20(26)23-17)18-16(13-8-4-2-5-9-13)27-19(24-18)14-10-6-3-7-11-14/h2-12H,1H3,(H,22,23,26). The lowest BCUT2D eigenvalue weighted by atomic mass is 10.2. The van der Waals surface area contributed by atoms with E-state index < -0.39 is 5.69 Å². The maximum atomic E-state index is 12.6. The normalized spacial score (nSPS) is 10.7. The van der Waals surface area contributed by atoms with E-state index in [0.29, 0.717) is 28.3 Å². The van der Waals surface area contributed by atoms with Crippen LogP contribution in [0.2, 0.25) is 5.02 Å². The van der Waals surface area contributed by atoms with E-state index in [0.717, 1.165) is 11.1 Å². The Morgan fingerprint density at radius 2 is 1.59 bits per heavy atom. The quantitative estimate of drug-likeness (QED) is 0.574. The molecule has 2 aromatic carbocycles. The number of benzene rings is 2. The highest BCUT2D eigenvalue weighted by molar-refractivity contribution is 6.32. The third-order valence-corrected chi connectivity index (χ3v) is 4.29. The van der Waals surface area contributed by atoms with Crippen molar-refractivity contribution < 1.29 is 4.42 Å². The van der Waals surface area contributed by atoms with Crippen LogP contribution in [0.5, 0.6) is 0 Å². The average Bonchev–Trinajstić information content (AvgIpc) is 3.16. The summed E-state index contributed by atoms with van der Waals surface area (Å²) in [6.45, 7) is 0. The molecule has 0 amide bonds. The Morgan fingerprint density at radius 3 is 2.22 bits per heavy atom. The third kappa shape index (κ3) is 3.22. The fourth-order valence-corrected chi connectivity index (χ4v) is 2.95. The number of hydrogen-bond acceptors (Lipinski definition) is 5. The summed E-state index contributed by atoms with van der Waals surface area (Å²) in [6.07, 6.45) is 1.49. The number of aromatic nitrogens is 3. The molecule has 7 heteroatoms. The molecule has 0 aliphatic heterocycles. The van der Waals surface area contributed by atoms with Gasteiger partial charge in [0.1, 0.15) is 0 Å². The Labute approximate surface area is 160 Å². The van der Waals surface area contributed by atoms with Crippen molar-refractivity contribution in [2.45, 2.75) is 0 Å². The highest BCUT2D eigenvalue weighted by Crippen LogP contribution is 2.32. The van der Waals surface area contributed by atoms with Gasteiger partial charge in [-0.25, -0.2) is 9.36 Å². The first-order valence-electron chi connectivity index (χ1n) is 8.26. The van der Waals surface area contributed by atoms with Gasteiger partial charge in [0, 0.05) is 24.4 Å². The van der Waals surface area contributed by atoms with Gasteiger partial charge in [0.25, 0.3) is 0 Å². The van der Waals surface area contributed by atoms with Crippen LogP contribution in [0.3, 0.4) is 0 Å². The van der Waals surface area contributed by atoms with Crippen molar-refractivity contribution in [1.82, 2.24) is 14.5 Å². The minimum atomic E-state index is -0.506. The molecule has 0 aliphatic rings. The monoisotopic (exact) mass is 378 g/mol. The van der Waals surface area contributed by atoms with Crippen molar-refractivity contribution in [2.24, 2.45) is 0 Å². The van der Waals surface area contributed by atoms with Gasteiger partial charge in [0.2, 0.25) is 5.89 Å². The molecule has 0 radical (unpaired) electrons. The fourth-order valence-electron chi connectivity index (χ4n) is 2.72. The van der Waals surface area contributed by atoms with Gasteiger partial charge in [0.15, 0.2) is 17.4 Å². The Bertz CT molecular complexity index is 1140. The highest BCUT2D eigenvalue weighted by Gasteiger charge is 2.20. The molecule has 134 valence electrons. The molecule has 0 saturated carbocycles. The molecule has 2 heterocycles. The molecule has 0 fully saturated rings. The van der Waals surface area contributed by atoms with Crippen molar-refractivity contribution in [2.75, 3.05) is 12.4 Å². The Balaban J connectivity index is 1.96. The van der Waals surface area contributed by atoms with Crippen molar-refractivity contribution in [3.05, 3.63) is 82.4 Å². The summed E-state index contributed by atoms with van der Waals surface area (Å²) in [5.74, 6) is 1.52. The maximum absolute atomic E-state index is 12.6. The number of nitrogens with zero attached hydrogens (tertiary/aromatic N) is 3. The number of nitrogens with one attached hydrogen (secondary N) is 1. The number of anilines is 1. The molecular formula is C20H15ClN4O2. The van der Waals surface area contributed by atoms with Crippen molar-refractivity contribution in [1.29, 1.82) is 0 Å². The van der Waals surface area contributed by atoms with Crippen molar-refractivity contribution in [3.8, 4) is 28.6 Å². The Kier molecular flexibility index (Phi) is 4.48. The number of rotatable bonds is 4. The van der Waals surface area contributed by atoms with Crippen LogP contribution in [0.25, 0.3) is 28.6 Å². The molecule has 6 nitrogen and oxygen atoms in total. The van der Waals surface area contributed by atoms with E-state index in [1.165, 1.54) is 10.8 Å². The second-order valence-electron chi connectivity index (χ2n) is 5.74. The van der Waals surface area contributed by atoms with Crippen LogP contribution in [0.1, 0.15) is 0 Å². The van der Waals surface area contributed by atoms with Gasteiger partial charge in [-0.05, 0) is 12.1 Å². The predicted molar refractivity (Wildman–Crippen MR) is 105 cm³/mol. The van der Waals surface area contributed by atoms with Crippen LogP contribution >= 0.6 is 11.6 Å². The van der Waals surface area contributed by atoms with Gasteiger partial charge in [-0.15, -0.1) is 0 Å². The first-order chi connectivity index (χ1) is 13.2. The molecule has 0 aliphatic carbocycles. The van der Waals surface area contributed by atoms with E-state index in [2.05, 4.69) is 15.3 Å². The van der Waals surface area contributed by atoms with Crippen LogP contribution in [-0.4, -0.2) is 21.6 Å². The first-order valence-corrected chi connectivity index (χ1v) is 8.64. The summed E-state index contributed by atoms with van der Waals surface area (Å²) in [5.41, 5.74) is 1.09. The summed E-state index contributed by atoms with van der Waals surface area (Å²) in [6, 6.07) is 19.0. The lowest BCUT2D eigenvalue weighted by Gasteiger charge is -2.07. The number of hydrogen-bond donors (Lipinski definition) is 1. The number of oxazole rings is 1. The summed E-state index contributed by atoms with van der Waals surface area (Å²) in [5, 5.41) is 3.10. The van der Waals surface area contributed by atoms with Crippen molar-refractivity contribution >= 4 is 17.4 Å². The van der Waals surface area contributed by atoms with Gasteiger partial charge in [0.05, 0.1) is 5.02 Å². The lowest BCUT2D eigenvalue weighted by molar-refractivity contribution is 0.588. The average molecular weight is 379 g/mol. The van der Waals surface area contributed by atoms with E-state index in [1.807, 2.05) is 60.7 Å². The van der Waals surface area contributed by atoms with E-state index in [-0.39, 0.29) is 0 Å². The molecule has 0 unspecified atom stereocenters. The highest BCUT2D eigenvalue weighted by atomic mass is 35.5. The zero-order valence-electron chi connectivity index (χ0n) is 14.4. The molecule has 2 aromatic heterocycles. The van der Waals surface area contributed by atoms with Gasteiger partial charge in [-0.2, -0.15) is 9.97 Å². The molecule has 1 N–H and O–H groups in total. The third-order valence-electron chi connectivity index (χ3n) is 4.01. The van der Waals surface area contributed by atoms with Gasteiger partial charge in [-0.1, -0.05) is 60.1 Å². The van der Waals surface area contributed by atoms with E-state index >= 15 is 0 Å². The van der Waals surface area contributed by atoms with E-state index in [4.69, 9.17) is 16.0 Å². The Hall–Kier alpha value is -3.38. The lowest BCUT2D eigenvalue weighted by Crippen LogP contribution is -2.22. The summed E-state index contributed by atoms with van der Waals surface area (Å²) in [4.78, 5) is 21.1. The minimum Gasteiger partial charge on any atom is -0.434 e. The van der Waals surface area contributed by atoms with Gasteiger partial charge >= 0.3 is 5.69 Å². The number of halogens is 1. The first kappa shape index (κ1) is 17.1. The molecular weight excluding hydrogens is 364 g/mol. The Morgan fingerprint density at radius 1 is 0.963 bits per heavy atom. The second-order valence-corrected chi connectivity index (χ2v) is 6.15. The SMILES string of the molecule is CNc1nc(=O)n(-c2nc(-c3ccccc3)oc2-c2ccccc2)cc1Cl. The summed E-state index contributed by atoms with van der Waals surface area (Å²) >= 11 is 6.23. The van der Waals surface area contributed by atoms with Crippen molar-refractivity contribution in [3.63, 3.8) is 0 Å². The molecule has 4 aromatic rings. The van der Waals surface area contributed by atoms with E-state index in [9.17, 15) is 4.79 Å². The smallest absolute Gasteiger partial charge is 0.355 e. The van der Waals surface area contributed by atoms with Crippen LogP contribution in [0.15, 0.2) is 76.1 Å². The summed E-state index contributed by atoms with van der Waals surface area (Å²) in [7, 11) is 1.65. The van der Waals surface area contributed by atoms with Crippen LogP contribution in [-0.2, 0) is 0 Å². The van der Waals surface area contributed by atoms with Gasteiger partial charge < -0.3 is 9.73 Å². The molecule has 0 saturated heterocycles. The van der Waals surface area contributed by atoms with Crippen LogP contribution in [0, 0.1) is 0 Å². The largest absolute Gasteiger partial charge is 0.434 e. The predicted octanol–water partition coefficient (Wildman–Crippen LogP) is 4.25. The molecule has 0 spiro atoms. The second kappa shape index (κ2) is 7.09. The zero-order valence-corrected chi connectivity index (χ0v) is 15.1.